The molecule has 0 saturated carbocycles. The van der Waals surface area contributed by atoms with E-state index in [2.05, 4.69) is 11.6 Å². The lowest BCUT2D eigenvalue weighted by atomic mass is 9.95. The maximum absolute atomic E-state index is 14.3. The monoisotopic (exact) mass is 646 g/mol. The van der Waals surface area contributed by atoms with Crippen LogP contribution in [0, 0.1) is 0 Å². The molecule has 3 aromatic carbocycles. The molecule has 236 valence electrons. The number of aromatic nitrogens is 3. The first-order valence-corrected chi connectivity index (χ1v) is 15.4. The largest absolute Gasteiger partial charge is 0.497 e. The summed E-state index contributed by atoms with van der Waals surface area (Å²) < 4.78 is 19.3. The van der Waals surface area contributed by atoms with E-state index in [4.69, 9.17) is 19.3 Å². The molecule has 10 nitrogen and oxygen atoms in total. The van der Waals surface area contributed by atoms with E-state index in [1.165, 1.54) is 29.1 Å². The number of fused-ring (bicyclic) bond motifs is 1. The molecular formula is C36H30N4O6S. The molecule has 2 aromatic heterocycles. The van der Waals surface area contributed by atoms with Gasteiger partial charge in [0.05, 0.1) is 47.3 Å². The van der Waals surface area contributed by atoms with Gasteiger partial charge in [-0.2, -0.15) is 5.10 Å². The molecule has 3 heterocycles. The molecule has 0 spiro atoms. The third-order valence-corrected chi connectivity index (χ3v) is 8.62. The van der Waals surface area contributed by atoms with Gasteiger partial charge in [-0.1, -0.05) is 54.3 Å². The number of para-hydroxylation sites is 1. The van der Waals surface area contributed by atoms with Crippen LogP contribution < -0.4 is 19.6 Å². The van der Waals surface area contributed by atoms with E-state index in [0.717, 1.165) is 11.3 Å². The minimum Gasteiger partial charge on any atom is -0.497 e. The van der Waals surface area contributed by atoms with Crippen molar-refractivity contribution in [3.63, 3.8) is 0 Å². The molecule has 47 heavy (non-hydrogen) atoms. The summed E-state index contributed by atoms with van der Waals surface area (Å²) in [4.78, 5) is 44.9. The van der Waals surface area contributed by atoms with Gasteiger partial charge in [-0.25, -0.2) is 19.3 Å². The van der Waals surface area contributed by atoms with Crippen molar-refractivity contribution in [3.05, 3.63) is 145 Å². The molecule has 0 bridgehead atoms. The highest BCUT2D eigenvalue weighted by Gasteiger charge is 2.33. The second kappa shape index (κ2) is 13.3. The molecule has 5 aromatic rings. The van der Waals surface area contributed by atoms with E-state index in [9.17, 15) is 14.4 Å². The SMILES string of the molecule is C=CCOC(=O)C1=C(C)N=c2s/c(=C\c3cn(-c4ccccc4)nc3-c3ccc(OC)cc3)c(=O)n2[C@@H]1c1ccc(C(=O)OC)cc1. The molecule has 0 unspecified atom stereocenters. The number of carbonyl (C=O) groups excluding carboxylic acids is 2. The summed E-state index contributed by atoms with van der Waals surface area (Å²) in [5, 5.41) is 4.88. The second-order valence-corrected chi connectivity index (χ2v) is 11.5. The molecule has 0 amide bonds. The van der Waals surface area contributed by atoms with Crippen molar-refractivity contribution in [2.24, 2.45) is 4.99 Å². The molecule has 0 N–H and O–H groups in total. The molecule has 6 rings (SSSR count). The number of hydrogen-bond acceptors (Lipinski definition) is 9. The van der Waals surface area contributed by atoms with Gasteiger partial charge in [-0.15, -0.1) is 0 Å². The van der Waals surface area contributed by atoms with Gasteiger partial charge in [-0.3, -0.25) is 9.36 Å². The average molecular weight is 647 g/mol. The van der Waals surface area contributed by atoms with Gasteiger partial charge in [0.15, 0.2) is 4.80 Å². The van der Waals surface area contributed by atoms with Crippen molar-refractivity contribution < 1.29 is 23.8 Å². The van der Waals surface area contributed by atoms with E-state index in [-0.39, 0.29) is 17.7 Å². The van der Waals surface area contributed by atoms with Gasteiger partial charge in [0.1, 0.15) is 18.1 Å². The maximum Gasteiger partial charge on any atom is 0.338 e. The van der Waals surface area contributed by atoms with Crippen LogP contribution in [0.15, 0.2) is 119 Å². The summed E-state index contributed by atoms with van der Waals surface area (Å²) in [6.07, 6.45) is 5.14. The Morgan fingerprint density at radius 1 is 0.979 bits per heavy atom. The molecule has 1 aliphatic heterocycles. The molecule has 0 aliphatic carbocycles. The number of methoxy groups -OCH3 is 2. The Bertz CT molecular complexity index is 2190. The van der Waals surface area contributed by atoms with Crippen LogP contribution >= 0.6 is 11.3 Å². The van der Waals surface area contributed by atoms with Gasteiger partial charge in [0, 0.05) is 17.3 Å². The summed E-state index contributed by atoms with van der Waals surface area (Å²) in [7, 11) is 2.91. The van der Waals surface area contributed by atoms with Crippen molar-refractivity contribution in [1.29, 1.82) is 0 Å². The summed E-state index contributed by atoms with van der Waals surface area (Å²) in [5.41, 5.74) is 4.31. The summed E-state index contributed by atoms with van der Waals surface area (Å²) in [6, 6.07) is 23.0. The van der Waals surface area contributed by atoms with Crippen molar-refractivity contribution >= 4 is 29.4 Å². The third-order valence-electron chi connectivity index (χ3n) is 7.63. The quantitative estimate of drug-likeness (QED) is 0.170. The van der Waals surface area contributed by atoms with Crippen LogP contribution in [0.1, 0.15) is 34.5 Å². The number of thiazole rings is 1. The fraction of sp³-hybridized carbons (Fsp3) is 0.139. The molecule has 0 fully saturated rings. The first-order chi connectivity index (χ1) is 22.8. The zero-order valence-corrected chi connectivity index (χ0v) is 26.7. The number of hydrogen-bond donors (Lipinski definition) is 0. The summed E-state index contributed by atoms with van der Waals surface area (Å²) >= 11 is 1.21. The Morgan fingerprint density at radius 3 is 2.36 bits per heavy atom. The highest BCUT2D eigenvalue weighted by atomic mass is 32.1. The van der Waals surface area contributed by atoms with Crippen molar-refractivity contribution in [1.82, 2.24) is 14.3 Å². The van der Waals surface area contributed by atoms with E-state index in [1.54, 1.807) is 49.1 Å². The van der Waals surface area contributed by atoms with Crippen molar-refractivity contribution in [2.45, 2.75) is 13.0 Å². The Labute approximate surface area is 273 Å². The second-order valence-electron chi connectivity index (χ2n) is 10.5. The number of carbonyl (C=O) groups is 2. The zero-order chi connectivity index (χ0) is 33.1. The first kappa shape index (κ1) is 31.2. The highest BCUT2D eigenvalue weighted by Crippen LogP contribution is 2.31. The van der Waals surface area contributed by atoms with Crippen LogP contribution in [0.4, 0.5) is 0 Å². The van der Waals surface area contributed by atoms with E-state index in [0.29, 0.717) is 43.2 Å². The van der Waals surface area contributed by atoms with E-state index < -0.39 is 18.0 Å². The lowest BCUT2D eigenvalue weighted by Crippen LogP contribution is -2.40. The normalized spacial score (nSPS) is 14.3. The van der Waals surface area contributed by atoms with Crippen LogP contribution in [0.2, 0.25) is 0 Å². The van der Waals surface area contributed by atoms with E-state index in [1.807, 2.05) is 60.8 Å². The van der Waals surface area contributed by atoms with Gasteiger partial charge < -0.3 is 14.2 Å². The number of rotatable bonds is 9. The topological polar surface area (TPSA) is 114 Å². The number of esters is 2. The average Bonchev–Trinajstić information content (AvgIpc) is 3.67. The fourth-order valence-corrected chi connectivity index (χ4v) is 6.39. The van der Waals surface area contributed by atoms with Gasteiger partial charge >= 0.3 is 11.9 Å². The molecule has 1 aliphatic rings. The molecule has 1 atom stereocenters. The van der Waals surface area contributed by atoms with Crippen LogP contribution in [-0.4, -0.2) is 47.1 Å². The van der Waals surface area contributed by atoms with Gasteiger partial charge in [0.25, 0.3) is 5.56 Å². The summed E-state index contributed by atoms with van der Waals surface area (Å²) in [6.45, 7) is 5.33. The Morgan fingerprint density at radius 2 is 1.70 bits per heavy atom. The van der Waals surface area contributed by atoms with Gasteiger partial charge in [-0.05, 0) is 67.1 Å². The predicted octanol–water partition coefficient (Wildman–Crippen LogP) is 4.61. The summed E-state index contributed by atoms with van der Waals surface area (Å²) in [5.74, 6) is -0.404. The highest BCUT2D eigenvalue weighted by molar-refractivity contribution is 7.07. The maximum atomic E-state index is 14.3. The number of allylic oxidation sites excluding steroid dienone is 1. The predicted molar refractivity (Wildman–Crippen MR) is 178 cm³/mol. The Balaban J connectivity index is 1.53. The molecular weight excluding hydrogens is 616 g/mol. The lowest BCUT2D eigenvalue weighted by molar-refractivity contribution is -0.138. The molecule has 11 heteroatoms. The van der Waals surface area contributed by atoms with Crippen LogP contribution in [0.5, 0.6) is 5.75 Å². The molecule has 0 saturated heterocycles. The minimum absolute atomic E-state index is 0.00638. The van der Waals surface area contributed by atoms with Gasteiger partial charge in [0.2, 0.25) is 0 Å². The van der Waals surface area contributed by atoms with Crippen LogP contribution in [-0.2, 0) is 14.3 Å². The van der Waals surface area contributed by atoms with Crippen molar-refractivity contribution in [2.75, 3.05) is 20.8 Å². The number of benzene rings is 3. The molecule has 0 radical (unpaired) electrons. The minimum atomic E-state index is -0.856. The standard InChI is InChI=1S/C36H30N4O6S/c1-5-19-46-35(43)30-22(2)37-36-40(32(30)24-11-13-25(14-12-24)34(42)45-4)33(41)29(47-36)20-26-21-39(27-9-7-6-8-10-27)38-31(26)23-15-17-28(44-3)18-16-23/h5-18,20-21,32H,1,19H2,2-4H3/b29-20-/t32-/m1/s1. The van der Waals surface area contributed by atoms with Crippen molar-refractivity contribution in [3.8, 4) is 22.7 Å². The Kier molecular flexibility index (Phi) is 8.81. The smallest absolute Gasteiger partial charge is 0.338 e. The van der Waals surface area contributed by atoms with Crippen LogP contribution in [0.25, 0.3) is 23.0 Å². The number of ether oxygens (including phenoxy) is 3. The van der Waals surface area contributed by atoms with E-state index >= 15 is 0 Å². The zero-order valence-electron chi connectivity index (χ0n) is 25.9. The Hall–Kier alpha value is -5.81. The lowest BCUT2D eigenvalue weighted by Gasteiger charge is -2.24. The first-order valence-electron chi connectivity index (χ1n) is 14.6. The number of nitrogens with zero attached hydrogens (tertiary/aromatic N) is 4. The van der Waals surface area contributed by atoms with Crippen LogP contribution in [0.3, 0.4) is 0 Å². The fourth-order valence-electron chi connectivity index (χ4n) is 5.35. The third kappa shape index (κ3) is 6.08.